The molecule has 4 heteroatoms. The predicted molar refractivity (Wildman–Crippen MR) is 95.6 cm³/mol. The molecular formula is C20H24N2O2. The largest absolute Gasteiger partial charge is 0.354 e. The Labute approximate surface area is 143 Å². The van der Waals surface area contributed by atoms with Gasteiger partial charge in [-0.1, -0.05) is 67.6 Å². The fourth-order valence-electron chi connectivity index (χ4n) is 2.55. The molecule has 2 rings (SSSR count). The van der Waals surface area contributed by atoms with Crippen molar-refractivity contribution >= 4 is 11.8 Å². The van der Waals surface area contributed by atoms with E-state index < -0.39 is 12.0 Å². The maximum absolute atomic E-state index is 12.8. The zero-order chi connectivity index (χ0) is 17.4. The first-order valence-corrected chi connectivity index (χ1v) is 8.31. The van der Waals surface area contributed by atoms with Gasteiger partial charge in [-0.05, 0) is 24.5 Å². The molecule has 0 spiro atoms. The molecule has 1 atom stereocenters. The Hall–Kier alpha value is -2.62. The molecule has 0 bridgehead atoms. The SMILES string of the molecule is CCCNC(=O)[C@@H](C)NC(=O)C(c1ccccc1)c1ccccc1. The molecule has 2 N–H and O–H groups in total. The van der Waals surface area contributed by atoms with Gasteiger partial charge in [0.15, 0.2) is 0 Å². The molecule has 2 aromatic rings. The van der Waals surface area contributed by atoms with Crippen LogP contribution in [0.2, 0.25) is 0 Å². The molecule has 0 unspecified atom stereocenters. The molecule has 0 fully saturated rings. The van der Waals surface area contributed by atoms with E-state index in [1.165, 1.54) is 0 Å². The highest BCUT2D eigenvalue weighted by atomic mass is 16.2. The van der Waals surface area contributed by atoms with E-state index in [-0.39, 0.29) is 11.8 Å². The van der Waals surface area contributed by atoms with Crippen molar-refractivity contribution in [2.45, 2.75) is 32.2 Å². The van der Waals surface area contributed by atoms with E-state index in [1.54, 1.807) is 6.92 Å². The van der Waals surface area contributed by atoms with E-state index in [2.05, 4.69) is 10.6 Å². The van der Waals surface area contributed by atoms with E-state index in [0.717, 1.165) is 17.5 Å². The summed E-state index contributed by atoms with van der Waals surface area (Å²) in [7, 11) is 0. The maximum Gasteiger partial charge on any atom is 0.242 e. The molecule has 0 saturated carbocycles. The second-order valence-corrected chi connectivity index (χ2v) is 5.78. The van der Waals surface area contributed by atoms with Crippen LogP contribution in [0.4, 0.5) is 0 Å². The summed E-state index contributed by atoms with van der Waals surface area (Å²) in [6, 6.07) is 18.6. The van der Waals surface area contributed by atoms with Crippen LogP contribution in [0, 0.1) is 0 Å². The number of hydrogen-bond acceptors (Lipinski definition) is 2. The molecule has 0 aliphatic carbocycles. The Bertz CT molecular complexity index is 616. The van der Waals surface area contributed by atoms with Gasteiger partial charge in [0.2, 0.25) is 11.8 Å². The predicted octanol–water partition coefficient (Wildman–Crippen LogP) is 2.85. The highest BCUT2D eigenvalue weighted by Gasteiger charge is 2.25. The molecule has 0 radical (unpaired) electrons. The molecule has 2 amide bonds. The Kier molecular flexibility index (Phi) is 6.55. The van der Waals surface area contributed by atoms with Crippen molar-refractivity contribution in [3.63, 3.8) is 0 Å². The van der Waals surface area contributed by atoms with Gasteiger partial charge in [0, 0.05) is 6.54 Å². The maximum atomic E-state index is 12.8. The Balaban J connectivity index is 2.18. The third-order valence-corrected chi connectivity index (χ3v) is 3.83. The highest BCUT2D eigenvalue weighted by molar-refractivity contribution is 5.92. The minimum atomic E-state index is -0.570. The Morgan fingerprint density at radius 2 is 1.38 bits per heavy atom. The first-order valence-electron chi connectivity index (χ1n) is 8.31. The second kappa shape index (κ2) is 8.87. The van der Waals surface area contributed by atoms with Gasteiger partial charge < -0.3 is 10.6 Å². The summed E-state index contributed by atoms with van der Waals surface area (Å²) in [5, 5.41) is 5.64. The Morgan fingerprint density at radius 1 is 0.875 bits per heavy atom. The molecule has 4 nitrogen and oxygen atoms in total. The highest BCUT2D eigenvalue weighted by Crippen LogP contribution is 2.24. The lowest BCUT2D eigenvalue weighted by Gasteiger charge is -2.21. The average molecular weight is 324 g/mol. The van der Waals surface area contributed by atoms with Crippen molar-refractivity contribution in [3.05, 3.63) is 71.8 Å². The number of nitrogens with one attached hydrogen (secondary N) is 2. The quantitative estimate of drug-likeness (QED) is 0.823. The minimum Gasteiger partial charge on any atom is -0.354 e. The van der Waals surface area contributed by atoms with Crippen molar-refractivity contribution in [1.82, 2.24) is 10.6 Å². The Morgan fingerprint density at radius 3 is 1.83 bits per heavy atom. The van der Waals surface area contributed by atoms with Crippen LogP contribution in [-0.2, 0) is 9.59 Å². The van der Waals surface area contributed by atoms with Crippen molar-refractivity contribution in [2.75, 3.05) is 6.54 Å². The fraction of sp³-hybridized carbons (Fsp3) is 0.300. The van der Waals surface area contributed by atoms with Gasteiger partial charge in [0.25, 0.3) is 0 Å². The van der Waals surface area contributed by atoms with Gasteiger partial charge in [-0.15, -0.1) is 0 Å². The van der Waals surface area contributed by atoms with Crippen molar-refractivity contribution in [1.29, 1.82) is 0 Å². The summed E-state index contributed by atoms with van der Waals surface area (Å²) in [5.41, 5.74) is 1.81. The number of carbonyl (C=O) groups excluding carboxylic acids is 2. The standard InChI is InChI=1S/C20H24N2O2/c1-3-14-21-19(23)15(2)22-20(24)18(16-10-6-4-7-11-16)17-12-8-5-9-13-17/h4-13,15,18H,3,14H2,1-2H3,(H,21,23)(H,22,24)/t15-/m1/s1. The molecule has 126 valence electrons. The molecular weight excluding hydrogens is 300 g/mol. The summed E-state index contributed by atoms with van der Waals surface area (Å²) in [6.07, 6.45) is 0.864. The van der Waals surface area contributed by atoms with E-state index >= 15 is 0 Å². The van der Waals surface area contributed by atoms with Gasteiger partial charge in [0.05, 0.1) is 5.92 Å². The lowest BCUT2D eigenvalue weighted by molar-refractivity contribution is -0.128. The first-order chi connectivity index (χ1) is 11.6. The summed E-state index contributed by atoms with van der Waals surface area (Å²) < 4.78 is 0. The third kappa shape index (κ3) is 4.69. The molecule has 2 aromatic carbocycles. The molecule has 0 aliphatic heterocycles. The molecule has 0 aliphatic rings. The number of carbonyl (C=O) groups is 2. The van der Waals surface area contributed by atoms with Crippen molar-refractivity contribution in [2.24, 2.45) is 0 Å². The number of amides is 2. The van der Waals surface area contributed by atoms with Crippen LogP contribution in [0.15, 0.2) is 60.7 Å². The topological polar surface area (TPSA) is 58.2 Å². The van der Waals surface area contributed by atoms with Crippen LogP contribution in [0.25, 0.3) is 0 Å². The average Bonchev–Trinajstić information content (AvgIpc) is 2.61. The number of rotatable bonds is 7. The minimum absolute atomic E-state index is 0.162. The van der Waals surface area contributed by atoms with Crippen LogP contribution in [0.5, 0.6) is 0 Å². The van der Waals surface area contributed by atoms with Gasteiger partial charge in [-0.3, -0.25) is 9.59 Å². The zero-order valence-corrected chi connectivity index (χ0v) is 14.2. The smallest absolute Gasteiger partial charge is 0.242 e. The van der Waals surface area contributed by atoms with Crippen LogP contribution >= 0.6 is 0 Å². The summed E-state index contributed by atoms with van der Waals surface area (Å²) in [5.74, 6) is -0.773. The van der Waals surface area contributed by atoms with E-state index in [1.807, 2.05) is 67.6 Å². The summed E-state index contributed by atoms with van der Waals surface area (Å²) in [4.78, 5) is 24.8. The second-order valence-electron chi connectivity index (χ2n) is 5.78. The van der Waals surface area contributed by atoms with Gasteiger partial charge >= 0.3 is 0 Å². The normalized spacial score (nSPS) is 11.8. The van der Waals surface area contributed by atoms with E-state index in [0.29, 0.717) is 6.54 Å². The van der Waals surface area contributed by atoms with E-state index in [9.17, 15) is 9.59 Å². The van der Waals surface area contributed by atoms with Crippen LogP contribution in [0.3, 0.4) is 0 Å². The van der Waals surface area contributed by atoms with Crippen LogP contribution in [0.1, 0.15) is 37.3 Å². The van der Waals surface area contributed by atoms with Gasteiger partial charge in [-0.2, -0.15) is 0 Å². The van der Waals surface area contributed by atoms with Crippen LogP contribution in [-0.4, -0.2) is 24.4 Å². The summed E-state index contributed by atoms with van der Waals surface area (Å²) >= 11 is 0. The molecule has 24 heavy (non-hydrogen) atoms. The molecule has 0 heterocycles. The van der Waals surface area contributed by atoms with Crippen molar-refractivity contribution < 1.29 is 9.59 Å². The van der Waals surface area contributed by atoms with Gasteiger partial charge in [0.1, 0.15) is 6.04 Å². The molecule has 0 aromatic heterocycles. The number of benzene rings is 2. The van der Waals surface area contributed by atoms with Gasteiger partial charge in [-0.25, -0.2) is 0 Å². The lowest BCUT2D eigenvalue weighted by Crippen LogP contribution is -2.46. The van der Waals surface area contributed by atoms with Crippen LogP contribution < -0.4 is 10.6 Å². The van der Waals surface area contributed by atoms with E-state index in [4.69, 9.17) is 0 Å². The summed E-state index contributed by atoms with van der Waals surface area (Å²) in [6.45, 7) is 4.31. The lowest BCUT2D eigenvalue weighted by atomic mass is 9.90. The van der Waals surface area contributed by atoms with Crippen molar-refractivity contribution in [3.8, 4) is 0 Å². The third-order valence-electron chi connectivity index (χ3n) is 3.83. The fourth-order valence-corrected chi connectivity index (χ4v) is 2.55. The molecule has 0 saturated heterocycles. The number of hydrogen-bond donors (Lipinski definition) is 2. The monoisotopic (exact) mass is 324 g/mol. The first kappa shape index (κ1) is 17.7. The zero-order valence-electron chi connectivity index (χ0n) is 14.2.